The van der Waals surface area contributed by atoms with Gasteiger partial charge < -0.3 is 16.0 Å². The second kappa shape index (κ2) is 6.30. The lowest BCUT2D eigenvalue weighted by molar-refractivity contribution is -0.119. The molecule has 1 rings (SSSR count). The highest BCUT2D eigenvalue weighted by atomic mass is 35.5. The third kappa shape index (κ3) is 4.11. The summed E-state index contributed by atoms with van der Waals surface area (Å²) in [6.07, 6.45) is 0.910. The van der Waals surface area contributed by atoms with E-state index >= 15 is 0 Å². The fourth-order valence-corrected chi connectivity index (χ4v) is 1.50. The van der Waals surface area contributed by atoms with Crippen LogP contribution in [0.4, 0.5) is 11.5 Å². The lowest BCUT2D eigenvalue weighted by Gasteiger charge is -2.19. The number of nitrogens with two attached hydrogens (primary N) is 1. The van der Waals surface area contributed by atoms with Crippen LogP contribution in [-0.4, -0.2) is 31.0 Å². The van der Waals surface area contributed by atoms with Crippen LogP contribution in [0.1, 0.15) is 13.3 Å². The summed E-state index contributed by atoms with van der Waals surface area (Å²) in [5.74, 6) is 0.458. The summed E-state index contributed by atoms with van der Waals surface area (Å²) in [6, 6.07) is 3.29. The first-order valence-electron chi connectivity index (χ1n) is 5.44. The number of nitrogens with zero attached hydrogens (tertiary/aromatic N) is 2. The zero-order valence-electron chi connectivity index (χ0n) is 10.0. The molecular weight excluding hydrogens is 240 g/mol. The molecule has 5 nitrogen and oxygen atoms in total. The average Bonchev–Trinajstić information content (AvgIpc) is 2.29. The molecule has 3 N–H and O–H groups in total. The number of aromatic nitrogens is 1. The van der Waals surface area contributed by atoms with E-state index in [4.69, 9.17) is 17.3 Å². The first-order chi connectivity index (χ1) is 8.04. The van der Waals surface area contributed by atoms with Gasteiger partial charge in [0.25, 0.3) is 0 Å². The quantitative estimate of drug-likeness (QED) is 0.779. The summed E-state index contributed by atoms with van der Waals surface area (Å²) in [6.45, 7) is 2.88. The molecule has 0 saturated heterocycles. The summed E-state index contributed by atoms with van der Waals surface area (Å²) in [7, 11) is 1.75. The summed E-state index contributed by atoms with van der Waals surface area (Å²) in [5.41, 5.74) is 6.27. The highest BCUT2D eigenvalue weighted by Crippen LogP contribution is 2.21. The predicted molar refractivity (Wildman–Crippen MR) is 70.2 cm³/mol. The molecule has 94 valence electrons. The first-order valence-corrected chi connectivity index (χ1v) is 5.82. The molecule has 0 fully saturated rings. The van der Waals surface area contributed by atoms with E-state index in [1.54, 1.807) is 24.1 Å². The molecular formula is C11H17ClN4O. The number of carbonyl (C=O) groups is 1. The summed E-state index contributed by atoms with van der Waals surface area (Å²) >= 11 is 5.79. The van der Waals surface area contributed by atoms with Gasteiger partial charge in [0, 0.05) is 13.6 Å². The summed E-state index contributed by atoms with van der Waals surface area (Å²) in [4.78, 5) is 17.3. The van der Waals surface area contributed by atoms with E-state index in [-0.39, 0.29) is 12.5 Å². The van der Waals surface area contributed by atoms with Crippen molar-refractivity contribution in [2.24, 2.45) is 0 Å². The minimum absolute atomic E-state index is 0.0597. The number of nitrogen functional groups attached to an aromatic ring is 1. The average molecular weight is 257 g/mol. The Morgan fingerprint density at radius 2 is 2.29 bits per heavy atom. The number of rotatable bonds is 5. The van der Waals surface area contributed by atoms with E-state index in [9.17, 15) is 4.79 Å². The fraction of sp³-hybridized carbons (Fsp3) is 0.455. The van der Waals surface area contributed by atoms with Gasteiger partial charge in [-0.05, 0) is 18.6 Å². The van der Waals surface area contributed by atoms with Crippen molar-refractivity contribution in [3.63, 3.8) is 0 Å². The van der Waals surface area contributed by atoms with E-state index in [0.717, 1.165) is 6.42 Å². The molecule has 0 radical (unpaired) electrons. The maximum Gasteiger partial charge on any atom is 0.239 e. The molecule has 1 heterocycles. The van der Waals surface area contributed by atoms with Gasteiger partial charge in [0.1, 0.15) is 5.15 Å². The smallest absolute Gasteiger partial charge is 0.239 e. The fourth-order valence-electron chi connectivity index (χ4n) is 1.35. The first kappa shape index (κ1) is 13.6. The molecule has 0 aliphatic rings. The van der Waals surface area contributed by atoms with Gasteiger partial charge in [0.2, 0.25) is 5.91 Å². The minimum Gasteiger partial charge on any atom is -0.396 e. The Morgan fingerprint density at radius 1 is 1.59 bits per heavy atom. The van der Waals surface area contributed by atoms with Crippen LogP contribution in [0.15, 0.2) is 12.1 Å². The molecule has 0 bridgehead atoms. The van der Waals surface area contributed by atoms with Crippen molar-refractivity contribution in [3.05, 3.63) is 17.3 Å². The lowest BCUT2D eigenvalue weighted by Crippen LogP contribution is -2.36. The van der Waals surface area contributed by atoms with Crippen LogP contribution in [0, 0.1) is 0 Å². The van der Waals surface area contributed by atoms with Crippen LogP contribution >= 0.6 is 11.6 Å². The second-order valence-corrected chi connectivity index (χ2v) is 4.14. The number of halogens is 1. The minimum atomic E-state index is -0.0597. The Labute approximate surface area is 106 Å². The molecule has 17 heavy (non-hydrogen) atoms. The number of pyridine rings is 1. The molecule has 0 atom stereocenters. The number of likely N-dealkylation sites (N-methyl/N-ethyl adjacent to an activating group) is 1. The molecule has 0 spiro atoms. The molecule has 0 aliphatic heterocycles. The Kier molecular flexibility index (Phi) is 5.03. The van der Waals surface area contributed by atoms with E-state index in [0.29, 0.717) is 23.2 Å². The van der Waals surface area contributed by atoms with Crippen molar-refractivity contribution in [1.29, 1.82) is 0 Å². The number of hydrogen-bond acceptors (Lipinski definition) is 4. The van der Waals surface area contributed by atoms with Crippen LogP contribution in [0.5, 0.6) is 0 Å². The van der Waals surface area contributed by atoms with Gasteiger partial charge in [0.15, 0.2) is 5.82 Å². The Morgan fingerprint density at radius 3 is 2.94 bits per heavy atom. The molecule has 0 unspecified atom stereocenters. The summed E-state index contributed by atoms with van der Waals surface area (Å²) < 4.78 is 0. The van der Waals surface area contributed by atoms with Crippen molar-refractivity contribution >= 4 is 29.0 Å². The zero-order chi connectivity index (χ0) is 12.8. The van der Waals surface area contributed by atoms with Crippen molar-refractivity contribution < 1.29 is 4.79 Å². The second-order valence-electron chi connectivity index (χ2n) is 3.75. The highest BCUT2D eigenvalue weighted by Gasteiger charge is 2.11. The molecule has 0 saturated carbocycles. The topological polar surface area (TPSA) is 71.2 Å². The monoisotopic (exact) mass is 256 g/mol. The van der Waals surface area contributed by atoms with Gasteiger partial charge in [-0.15, -0.1) is 0 Å². The van der Waals surface area contributed by atoms with Gasteiger partial charge >= 0.3 is 0 Å². The third-order valence-electron chi connectivity index (χ3n) is 2.19. The maximum absolute atomic E-state index is 11.5. The normalized spacial score (nSPS) is 10.1. The van der Waals surface area contributed by atoms with Crippen molar-refractivity contribution in [1.82, 2.24) is 10.3 Å². The van der Waals surface area contributed by atoms with Crippen LogP contribution in [-0.2, 0) is 4.79 Å². The van der Waals surface area contributed by atoms with Crippen LogP contribution in [0.2, 0.25) is 5.15 Å². The zero-order valence-corrected chi connectivity index (χ0v) is 10.8. The van der Waals surface area contributed by atoms with Gasteiger partial charge in [0.05, 0.1) is 12.2 Å². The Hall–Kier alpha value is -1.49. The number of carbonyl (C=O) groups excluding carboxylic acids is 1. The van der Waals surface area contributed by atoms with Crippen molar-refractivity contribution in [3.8, 4) is 0 Å². The van der Waals surface area contributed by atoms with E-state index in [1.807, 2.05) is 6.92 Å². The van der Waals surface area contributed by atoms with Crippen LogP contribution < -0.4 is 16.0 Å². The van der Waals surface area contributed by atoms with Crippen LogP contribution in [0.3, 0.4) is 0 Å². The third-order valence-corrected chi connectivity index (χ3v) is 2.40. The lowest BCUT2D eigenvalue weighted by atomic mass is 10.3. The SMILES string of the molecule is CCCNC(=O)CN(C)c1nc(Cl)ccc1N. The number of hydrogen-bond donors (Lipinski definition) is 2. The highest BCUT2D eigenvalue weighted by molar-refractivity contribution is 6.29. The summed E-state index contributed by atoms with van der Waals surface area (Å²) in [5, 5.41) is 3.14. The van der Waals surface area contributed by atoms with Gasteiger partial charge in [-0.25, -0.2) is 4.98 Å². The molecule has 1 aromatic rings. The van der Waals surface area contributed by atoms with Crippen LogP contribution in [0.25, 0.3) is 0 Å². The van der Waals surface area contributed by atoms with E-state index in [1.165, 1.54) is 0 Å². The van der Waals surface area contributed by atoms with E-state index < -0.39 is 0 Å². The van der Waals surface area contributed by atoms with Crippen molar-refractivity contribution in [2.45, 2.75) is 13.3 Å². The van der Waals surface area contributed by atoms with E-state index in [2.05, 4.69) is 10.3 Å². The Bertz CT molecular complexity index is 397. The Balaban J connectivity index is 2.66. The molecule has 6 heteroatoms. The van der Waals surface area contributed by atoms with Gasteiger partial charge in [-0.2, -0.15) is 0 Å². The molecule has 0 aromatic carbocycles. The van der Waals surface area contributed by atoms with Crippen molar-refractivity contribution in [2.75, 3.05) is 30.8 Å². The number of anilines is 2. The molecule has 1 aromatic heterocycles. The standard InChI is InChI=1S/C11H17ClN4O/c1-3-6-14-10(17)7-16(2)11-8(13)4-5-9(12)15-11/h4-5H,3,6-7,13H2,1-2H3,(H,14,17). The maximum atomic E-state index is 11.5. The van der Waals surface area contributed by atoms with Gasteiger partial charge in [-0.3, -0.25) is 4.79 Å². The predicted octanol–water partition coefficient (Wildman–Crippen LogP) is 1.28. The molecule has 0 aliphatic carbocycles. The largest absolute Gasteiger partial charge is 0.396 e. The number of nitrogens with one attached hydrogen (secondary N) is 1. The van der Waals surface area contributed by atoms with Gasteiger partial charge in [-0.1, -0.05) is 18.5 Å². The molecule has 1 amide bonds. The number of amides is 1.